The lowest BCUT2D eigenvalue weighted by molar-refractivity contribution is 0.0393. The van der Waals surface area contributed by atoms with Crippen LogP contribution in [0.2, 0.25) is 0 Å². The molecule has 0 heterocycles. The molecular formula is C27H42N2O5. The summed E-state index contributed by atoms with van der Waals surface area (Å²) in [6.07, 6.45) is 4.06. The highest BCUT2D eigenvalue weighted by atomic mass is 16.5. The van der Waals surface area contributed by atoms with Crippen molar-refractivity contribution in [1.82, 2.24) is 5.32 Å². The van der Waals surface area contributed by atoms with Crippen molar-refractivity contribution in [1.29, 1.82) is 0 Å². The van der Waals surface area contributed by atoms with Crippen LogP contribution in [0.3, 0.4) is 0 Å². The summed E-state index contributed by atoms with van der Waals surface area (Å²) in [7, 11) is 4.06. The lowest BCUT2D eigenvalue weighted by Gasteiger charge is -2.14. The van der Waals surface area contributed by atoms with Gasteiger partial charge in [-0.1, -0.05) is 31.0 Å². The Kier molecular flexibility index (Phi) is 13.6. The molecule has 0 fully saturated rings. The average Bonchev–Trinajstić information content (AvgIpc) is 2.83. The first-order chi connectivity index (χ1) is 16.5. The van der Waals surface area contributed by atoms with Gasteiger partial charge in [-0.2, -0.15) is 0 Å². The molecule has 0 bridgehead atoms. The number of hydrogen-bond donors (Lipinski definition) is 4. The van der Waals surface area contributed by atoms with Crippen molar-refractivity contribution in [2.75, 3.05) is 58.5 Å². The third-order valence-electron chi connectivity index (χ3n) is 5.67. The van der Waals surface area contributed by atoms with Crippen LogP contribution < -0.4 is 10.2 Å². The Bertz CT molecular complexity index is 815. The minimum atomic E-state index is -0.634. The van der Waals surface area contributed by atoms with Crippen LogP contribution >= 0.6 is 0 Å². The maximum Gasteiger partial charge on any atom is 0.118 e. The number of aliphatic hydroxyl groups is 2. The highest BCUT2D eigenvalue weighted by Crippen LogP contribution is 2.22. The number of ether oxygens (including phenoxy) is 2. The normalized spacial score (nSPS) is 12.1. The Morgan fingerprint density at radius 2 is 1.74 bits per heavy atom. The van der Waals surface area contributed by atoms with Gasteiger partial charge in [-0.15, -0.1) is 0 Å². The Morgan fingerprint density at radius 3 is 2.53 bits per heavy atom. The van der Waals surface area contributed by atoms with Gasteiger partial charge < -0.3 is 35.0 Å². The van der Waals surface area contributed by atoms with E-state index in [1.165, 1.54) is 11.3 Å². The molecule has 4 N–H and O–H groups in total. The molecule has 2 rings (SSSR count). The van der Waals surface area contributed by atoms with Gasteiger partial charge in [-0.05, 0) is 66.8 Å². The van der Waals surface area contributed by atoms with Crippen molar-refractivity contribution >= 4 is 5.69 Å². The fourth-order valence-electron chi connectivity index (χ4n) is 3.63. The molecule has 0 aliphatic heterocycles. The van der Waals surface area contributed by atoms with Crippen molar-refractivity contribution in [2.24, 2.45) is 0 Å². The second kappa shape index (κ2) is 16.5. The van der Waals surface area contributed by atoms with E-state index in [2.05, 4.69) is 28.4 Å². The lowest BCUT2D eigenvalue weighted by atomic mass is 10.0. The summed E-state index contributed by atoms with van der Waals surface area (Å²) >= 11 is 0. The fourth-order valence-corrected chi connectivity index (χ4v) is 3.63. The summed E-state index contributed by atoms with van der Waals surface area (Å²) < 4.78 is 11.4. The molecule has 0 spiro atoms. The first-order valence-corrected chi connectivity index (χ1v) is 12.2. The van der Waals surface area contributed by atoms with Gasteiger partial charge >= 0.3 is 0 Å². The zero-order chi connectivity index (χ0) is 24.6. The predicted octanol–water partition coefficient (Wildman–Crippen LogP) is 3.41. The Hall–Kier alpha value is -2.16. The number of unbranched alkanes of at least 4 members (excludes halogenated alkanes) is 3. The van der Waals surface area contributed by atoms with E-state index in [9.17, 15) is 10.2 Å². The zero-order valence-electron chi connectivity index (χ0n) is 20.7. The van der Waals surface area contributed by atoms with Crippen molar-refractivity contribution in [3.63, 3.8) is 0 Å². The van der Waals surface area contributed by atoms with E-state index in [1.54, 1.807) is 18.2 Å². The molecule has 0 aliphatic carbocycles. The van der Waals surface area contributed by atoms with Crippen molar-refractivity contribution < 1.29 is 24.8 Å². The first-order valence-electron chi connectivity index (χ1n) is 12.2. The van der Waals surface area contributed by atoms with Crippen molar-refractivity contribution in [3.8, 4) is 5.75 Å². The molecule has 7 nitrogen and oxygen atoms in total. The molecule has 0 aromatic heterocycles. The number of aliphatic hydroxyl groups excluding tert-OH is 2. The van der Waals surface area contributed by atoms with Gasteiger partial charge in [-0.25, -0.2) is 0 Å². The quantitative estimate of drug-likeness (QED) is 0.246. The maximum absolute atomic E-state index is 10.3. The molecule has 190 valence electrons. The Morgan fingerprint density at radius 1 is 0.941 bits per heavy atom. The van der Waals surface area contributed by atoms with E-state index in [1.807, 2.05) is 20.2 Å². The number of anilines is 1. The summed E-state index contributed by atoms with van der Waals surface area (Å²) in [6.45, 7) is 3.85. The summed E-state index contributed by atoms with van der Waals surface area (Å²) in [6, 6.07) is 13.4. The largest absolute Gasteiger partial charge is 0.508 e. The number of hydrogen-bond acceptors (Lipinski definition) is 7. The Labute approximate surface area is 204 Å². The van der Waals surface area contributed by atoms with Crippen LogP contribution in [0.15, 0.2) is 42.5 Å². The van der Waals surface area contributed by atoms with Gasteiger partial charge in [0.25, 0.3) is 0 Å². The predicted molar refractivity (Wildman–Crippen MR) is 136 cm³/mol. The summed E-state index contributed by atoms with van der Waals surface area (Å²) in [5, 5.41) is 32.5. The van der Waals surface area contributed by atoms with E-state index in [0.717, 1.165) is 44.4 Å². The molecular weight excluding hydrogens is 432 g/mol. The summed E-state index contributed by atoms with van der Waals surface area (Å²) in [4.78, 5) is 2.08. The molecule has 0 aliphatic rings. The molecule has 34 heavy (non-hydrogen) atoms. The number of rotatable bonds is 18. The third kappa shape index (κ3) is 10.8. The van der Waals surface area contributed by atoms with Crippen LogP contribution in [0.4, 0.5) is 5.69 Å². The van der Waals surface area contributed by atoms with Crippen LogP contribution in [-0.2, 0) is 22.5 Å². The zero-order valence-corrected chi connectivity index (χ0v) is 20.7. The van der Waals surface area contributed by atoms with Crippen molar-refractivity contribution in [3.05, 3.63) is 59.2 Å². The van der Waals surface area contributed by atoms with E-state index in [0.29, 0.717) is 38.3 Å². The second-order valence-corrected chi connectivity index (χ2v) is 8.73. The smallest absolute Gasteiger partial charge is 0.118 e. The van der Waals surface area contributed by atoms with Gasteiger partial charge in [-0.3, -0.25) is 0 Å². The maximum atomic E-state index is 10.3. The van der Waals surface area contributed by atoms with Crippen LogP contribution in [-0.4, -0.2) is 68.9 Å². The molecule has 0 saturated heterocycles. The monoisotopic (exact) mass is 474 g/mol. The molecule has 1 atom stereocenters. The van der Waals surface area contributed by atoms with Gasteiger partial charge in [0.15, 0.2) is 0 Å². The van der Waals surface area contributed by atoms with E-state index < -0.39 is 6.10 Å². The highest BCUT2D eigenvalue weighted by Gasteiger charge is 2.10. The highest BCUT2D eigenvalue weighted by molar-refractivity contribution is 5.46. The molecule has 0 radical (unpaired) electrons. The van der Waals surface area contributed by atoms with Gasteiger partial charge in [0.05, 0.1) is 25.9 Å². The van der Waals surface area contributed by atoms with Crippen LogP contribution in [0.5, 0.6) is 5.75 Å². The van der Waals surface area contributed by atoms with E-state index in [4.69, 9.17) is 14.6 Å². The van der Waals surface area contributed by atoms with Crippen LogP contribution in [0.25, 0.3) is 0 Å². The molecule has 0 amide bonds. The van der Waals surface area contributed by atoms with E-state index >= 15 is 0 Å². The number of nitrogens with one attached hydrogen (secondary N) is 1. The molecule has 2 aromatic rings. The molecule has 1 unspecified atom stereocenters. The molecule has 0 saturated carbocycles. The number of benzene rings is 2. The Balaban J connectivity index is 1.42. The summed E-state index contributed by atoms with van der Waals surface area (Å²) in [5.74, 6) is 0.153. The number of phenolic OH excluding ortho intramolecular Hbond substituents is 1. The van der Waals surface area contributed by atoms with Crippen molar-refractivity contribution in [2.45, 2.75) is 44.8 Å². The average molecular weight is 475 g/mol. The second-order valence-electron chi connectivity index (χ2n) is 8.73. The lowest BCUT2D eigenvalue weighted by Crippen LogP contribution is -2.22. The van der Waals surface area contributed by atoms with E-state index in [-0.39, 0.29) is 12.4 Å². The summed E-state index contributed by atoms with van der Waals surface area (Å²) in [5.41, 5.74) is 3.75. The number of aromatic hydroxyl groups is 1. The minimum absolute atomic E-state index is 0.0313. The SMILES string of the molecule is CN(C)c1cccc(COCCOCCCCCCNCC(O)c2ccc(O)c(CCO)c2)c1. The minimum Gasteiger partial charge on any atom is -0.508 e. The standard InChI is InChI=1S/C27H42N2O5/c1-29(2)25-9-7-8-22(18-25)21-34-17-16-33-15-6-4-3-5-13-28-20-27(32)23-10-11-26(31)24(19-23)12-14-30/h7-11,18-19,27-28,30-32H,3-6,12-17,20-21H2,1-2H3. The van der Waals surface area contributed by atoms with Crippen LogP contribution in [0.1, 0.15) is 48.5 Å². The van der Waals surface area contributed by atoms with Gasteiger partial charge in [0.2, 0.25) is 0 Å². The molecule has 7 heteroatoms. The van der Waals surface area contributed by atoms with Gasteiger partial charge in [0, 0.05) is 39.5 Å². The number of nitrogens with zero attached hydrogens (tertiary/aromatic N) is 1. The third-order valence-corrected chi connectivity index (χ3v) is 5.67. The van der Waals surface area contributed by atoms with Crippen LogP contribution in [0, 0.1) is 0 Å². The topological polar surface area (TPSA) is 94.4 Å². The molecule has 2 aromatic carbocycles. The first kappa shape index (κ1) is 28.1. The number of phenols is 1. The fraction of sp³-hybridized carbons (Fsp3) is 0.556. The van der Waals surface area contributed by atoms with Gasteiger partial charge in [0.1, 0.15) is 5.75 Å².